The lowest BCUT2D eigenvalue weighted by atomic mass is 9.46. The second-order valence-corrected chi connectivity index (χ2v) is 8.83. The number of aromatic nitrogens is 1. The zero-order valence-corrected chi connectivity index (χ0v) is 14.6. The molecule has 23 heavy (non-hydrogen) atoms. The van der Waals surface area contributed by atoms with Crippen LogP contribution in [0.25, 0.3) is 0 Å². The van der Waals surface area contributed by atoms with Crippen molar-refractivity contribution in [1.82, 2.24) is 9.88 Å². The Kier molecular flexibility index (Phi) is 3.37. The van der Waals surface area contributed by atoms with Gasteiger partial charge in [-0.25, -0.2) is 0 Å². The van der Waals surface area contributed by atoms with E-state index in [4.69, 9.17) is 11.6 Å². The van der Waals surface area contributed by atoms with Crippen LogP contribution in [0.5, 0.6) is 0 Å². The van der Waals surface area contributed by atoms with E-state index in [1.165, 1.54) is 6.42 Å². The van der Waals surface area contributed by atoms with Crippen molar-refractivity contribution in [2.45, 2.75) is 57.1 Å². The summed E-state index contributed by atoms with van der Waals surface area (Å²) in [5, 5.41) is 14.7. The Balaban J connectivity index is 1.54. The molecule has 5 heteroatoms. The van der Waals surface area contributed by atoms with E-state index in [1.54, 1.807) is 16.8 Å². The van der Waals surface area contributed by atoms with Crippen LogP contribution in [0, 0.1) is 17.3 Å². The van der Waals surface area contributed by atoms with Crippen molar-refractivity contribution >= 4 is 17.5 Å². The molecule has 4 aliphatic carbocycles. The minimum atomic E-state index is -0.489. The Morgan fingerprint density at radius 3 is 2.57 bits per heavy atom. The summed E-state index contributed by atoms with van der Waals surface area (Å²) in [4.78, 5) is 12.6. The molecule has 4 nitrogen and oxygen atoms in total. The average Bonchev–Trinajstić information content (AvgIpc) is 2.74. The predicted octanol–water partition coefficient (Wildman–Crippen LogP) is 3.13. The molecule has 4 bridgehead atoms. The maximum Gasteiger partial charge on any atom is 0.268 e. The summed E-state index contributed by atoms with van der Waals surface area (Å²) < 4.78 is 1.76. The fraction of sp³-hybridized carbons (Fsp3) is 0.722. The number of amides is 1. The molecule has 0 radical (unpaired) electrons. The maximum absolute atomic E-state index is 12.6. The minimum Gasteiger partial charge on any atom is -0.390 e. The van der Waals surface area contributed by atoms with Crippen LogP contribution in [0.4, 0.5) is 0 Å². The molecule has 2 N–H and O–H groups in total. The smallest absolute Gasteiger partial charge is 0.268 e. The Labute approximate surface area is 142 Å². The second-order valence-electron chi connectivity index (χ2n) is 8.40. The molecule has 0 unspecified atom stereocenters. The summed E-state index contributed by atoms with van der Waals surface area (Å²) in [7, 11) is 1.83. The Morgan fingerprint density at radius 1 is 1.39 bits per heavy atom. The van der Waals surface area contributed by atoms with Crippen molar-refractivity contribution in [3.05, 3.63) is 23.0 Å². The van der Waals surface area contributed by atoms with Crippen molar-refractivity contribution < 1.29 is 9.90 Å². The highest BCUT2D eigenvalue weighted by atomic mass is 35.5. The van der Waals surface area contributed by atoms with Crippen molar-refractivity contribution in [2.75, 3.05) is 0 Å². The predicted molar refractivity (Wildman–Crippen MR) is 89.4 cm³/mol. The molecule has 4 fully saturated rings. The van der Waals surface area contributed by atoms with E-state index in [0.717, 1.165) is 32.1 Å². The molecule has 126 valence electrons. The van der Waals surface area contributed by atoms with Gasteiger partial charge in [-0.05, 0) is 68.8 Å². The van der Waals surface area contributed by atoms with Crippen LogP contribution >= 0.6 is 11.6 Å². The molecule has 5 rings (SSSR count). The molecular weight excluding hydrogens is 312 g/mol. The summed E-state index contributed by atoms with van der Waals surface area (Å²) in [5.41, 5.74) is 0.158. The zero-order chi connectivity index (χ0) is 16.4. The van der Waals surface area contributed by atoms with Gasteiger partial charge in [0.05, 0.1) is 10.6 Å². The minimum absolute atomic E-state index is 0.0590. The van der Waals surface area contributed by atoms with E-state index in [1.807, 2.05) is 7.05 Å². The average molecular weight is 337 g/mol. The first-order valence-electron chi connectivity index (χ1n) is 8.64. The lowest BCUT2D eigenvalue weighted by molar-refractivity contribution is -0.171. The number of nitrogens with one attached hydrogen (secondary N) is 1. The topological polar surface area (TPSA) is 54.3 Å². The van der Waals surface area contributed by atoms with Crippen LogP contribution in [0.3, 0.4) is 0 Å². The maximum atomic E-state index is 12.6. The Hall–Kier alpha value is -1.00. The third-order valence-electron chi connectivity index (χ3n) is 6.55. The van der Waals surface area contributed by atoms with E-state index in [0.29, 0.717) is 22.6 Å². The van der Waals surface area contributed by atoms with Crippen molar-refractivity contribution in [3.8, 4) is 0 Å². The molecule has 1 heterocycles. The molecule has 0 spiro atoms. The number of aliphatic hydroxyl groups is 1. The number of hydrogen-bond acceptors (Lipinski definition) is 2. The van der Waals surface area contributed by atoms with E-state index in [2.05, 4.69) is 12.2 Å². The summed E-state index contributed by atoms with van der Waals surface area (Å²) in [6, 6.07) is 1.78. The standard InChI is InChI=1S/C18H25ClN2O2/c1-11(20-16(22)15-4-14(19)9-21(15)2)17-5-12-3-13(6-17)8-18(23,7-12)10-17/h4,9,11-13,23H,3,5-8,10H2,1-2H3,(H,20,22)/t11-,12+,13+,17?,18?/m0/s1. The van der Waals surface area contributed by atoms with Gasteiger partial charge in [0.15, 0.2) is 0 Å². The molecule has 1 amide bonds. The van der Waals surface area contributed by atoms with Gasteiger partial charge in [-0.2, -0.15) is 0 Å². The van der Waals surface area contributed by atoms with Gasteiger partial charge in [0, 0.05) is 19.3 Å². The van der Waals surface area contributed by atoms with Gasteiger partial charge >= 0.3 is 0 Å². The first-order valence-corrected chi connectivity index (χ1v) is 9.02. The van der Waals surface area contributed by atoms with Gasteiger partial charge in [-0.15, -0.1) is 0 Å². The third-order valence-corrected chi connectivity index (χ3v) is 6.75. The Bertz CT molecular complexity index is 639. The normalized spacial score (nSPS) is 39.5. The van der Waals surface area contributed by atoms with Crippen LogP contribution in [-0.2, 0) is 7.05 Å². The van der Waals surface area contributed by atoms with Crippen LogP contribution in [0.1, 0.15) is 55.9 Å². The summed E-state index contributed by atoms with van der Waals surface area (Å²) in [6.45, 7) is 2.11. The van der Waals surface area contributed by atoms with Crippen LogP contribution in [0.2, 0.25) is 5.02 Å². The first kappa shape index (κ1) is 15.5. The van der Waals surface area contributed by atoms with Crippen molar-refractivity contribution in [1.29, 1.82) is 0 Å². The van der Waals surface area contributed by atoms with Gasteiger partial charge < -0.3 is 15.0 Å². The van der Waals surface area contributed by atoms with Crippen LogP contribution < -0.4 is 5.32 Å². The number of nitrogens with zero attached hydrogens (tertiary/aromatic N) is 1. The molecular formula is C18H25ClN2O2. The molecule has 0 aromatic carbocycles. The number of carbonyl (C=O) groups excluding carboxylic acids is 1. The molecule has 1 aromatic heterocycles. The number of rotatable bonds is 3. The third kappa shape index (κ3) is 2.51. The van der Waals surface area contributed by atoms with Gasteiger partial charge in [0.25, 0.3) is 5.91 Å². The summed E-state index contributed by atoms with van der Waals surface area (Å²) >= 11 is 5.99. The highest BCUT2D eigenvalue weighted by Crippen LogP contribution is 2.62. The molecule has 3 atom stereocenters. The van der Waals surface area contributed by atoms with E-state index in [-0.39, 0.29) is 17.4 Å². The number of aryl methyl sites for hydroxylation is 1. The molecule has 4 aliphatic rings. The van der Waals surface area contributed by atoms with Gasteiger partial charge in [-0.1, -0.05) is 11.6 Å². The van der Waals surface area contributed by atoms with Gasteiger partial charge in [0.1, 0.15) is 5.69 Å². The van der Waals surface area contributed by atoms with Crippen molar-refractivity contribution in [2.24, 2.45) is 24.3 Å². The fourth-order valence-electron chi connectivity index (χ4n) is 5.96. The molecule has 0 saturated heterocycles. The molecule has 1 aromatic rings. The number of halogens is 1. The highest BCUT2D eigenvalue weighted by Gasteiger charge is 2.59. The lowest BCUT2D eigenvalue weighted by Gasteiger charge is -2.62. The SMILES string of the molecule is C[C@H](NC(=O)c1cc(Cl)cn1C)C12C[C@H]3C[C@@H](CC(O)(C3)C1)C2. The van der Waals surface area contributed by atoms with Crippen LogP contribution in [0.15, 0.2) is 12.3 Å². The Morgan fingerprint density at radius 2 is 2.04 bits per heavy atom. The summed E-state index contributed by atoms with van der Waals surface area (Å²) in [5.74, 6) is 1.19. The van der Waals surface area contributed by atoms with Crippen LogP contribution in [-0.4, -0.2) is 27.2 Å². The monoisotopic (exact) mass is 336 g/mol. The largest absolute Gasteiger partial charge is 0.390 e. The number of carbonyl (C=O) groups is 1. The fourth-order valence-corrected chi connectivity index (χ4v) is 6.21. The van der Waals surface area contributed by atoms with E-state index >= 15 is 0 Å². The zero-order valence-electron chi connectivity index (χ0n) is 13.8. The lowest BCUT2D eigenvalue weighted by Crippen LogP contribution is -2.61. The molecule has 0 aliphatic heterocycles. The number of hydrogen-bond donors (Lipinski definition) is 2. The van der Waals surface area contributed by atoms with Gasteiger partial charge in [-0.3, -0.25) is 4.79 Å². The van der Waals surface area contributed by atoms with E-state index in [9.17, 15) is 9.90 Å². The molecule has 4 saturated carbocycles. The van der Waals surface area contributed by atoms with Crippen molar-refractivity contribution in [3.63, 3.8) is 0 Å². The first-order chi connectivity index (χ1) is 10.8. The van der Waals surface area contributed by atoms with E-state index < -0.39 is 5.60 Å². The quantitative estimate of drug-likeness (QED) is 0.891. The van der Waals surface area contributed by atoms with Gasteiger partial charge in [0.2, 0.25) is 0 Å². The second kappa shape index (κ2) is 5.00. The highest BCUT2D eigenvalue weighted by molar-refractivity contribution is 6.31. The summed E-state index contributed by atoms with van der Waals surface area (Å²) in [6.07, 6.45) is 8.04.